The third-order valence-corrected chi connectivity index (χ3v) is 3.29. The second-order valence-corrected chi connectivity index (χ2v) is 5.18. The summed E-state index contributed by atoms with van der Waals surface area (Å²) >= 11 is 7.17. The second kappa shape index (κ2) is 4.68. The first-order chi connectivity index (χ1) is 7.65. The van der Waals surface area contributed by atoms with Gasteiger partial charge in [-0.25, -0.2) is 0 Å². The van der Waals surface area contributed by atoms with Crippen LogP contribution in [0.4, 0.5) is 5.69 Å². The lowest BCUT2D eigenvalue weighted by Gasteiger charge is -2.01. The smallest absolute Gasteiger partial charge is 0.216 e. The van der Waals surface area contributed by atoms with E-state index in [1.165, 1.54) is 17.6 Å². The highest BCUT2D eigenvalue weighted by Gasteiger charge is 2.03. The number of halogens is 1. The standard InChI is InChI=1S/C12H10ClNOS/c1-9-2-4-10(5-3-9)14(15)8-11-6-7-12(13)16-11/h2-8H,1H3/b14-8-. The van der Waals surface area contributed by atoms with E-state index in [1.807, 2.05) is 25.1 Å². The predicted molar refractivity (Wildman–Crippen MR) is 69.0 cm³/mol. The molecule has 0 aliphatic rings. The lowest BCUT2D eigenvalue weighted by molar-refractivity contribution is -0.354. The van der Waals surface area contributed by atoms with Crippen molar-refractivity contribution in [2.24, 2.45) is 0 Å². The molecule has 0 N–H and O–H groups in total. The SMILES string of the molecule is Cc1ccc(/[N+]([O-])=C/c2ccc(Cl)s2)cc1. The van der Waals surface area contributed by atoms with E-state index < -0.39 is 0 Å². The number of rotatable bonds is 2. The molecule has 0 saturated heterocycles. The van der Waals surface area contributed by atoms with Crippen LogP contribution in [0.25, 0.3) is 0 Å². The molecule has 2 aromatic rings. The van der Waals surface area contributed by atoms with Gasteiger partial charge in [0.1, 0.15) is 0 Å². The van der Waals surface area contributed by atoms with Crippen molar-refractivity contribution in [3.8, 4) is 0 Å². The average molecular weight is 252 g/mol. The zero-order valence-corrected chi connectivity index (χ0v) is 10.3. The van der Waals surface area contributed by atoms with Crippen molar-refractivity contribution in [3.63, 3.8) is 0 Å². The summed E-state index contributed by atoms with van der Waals surface area (Å²) < 4.78 is 1.53. The molecule has 0 aliphatic heterocycles. The van der Waals surface area contributed by atoms with E-state index in [9.17, 15) is 5.21 Å². The lowest BCUT2D eigenvalue weighted by Crippen LogP contribution is -1.96. The number of nitrogens with zero attached hydrogens (tertiary/aromatic N) is 1. The summed E-state index contributed by atoms with van der Waals surface area (Å²) in [5.74, 6) is 0. The first kappa shape index (κ1) is 11.2. The summed E-state index contributed by atoms with van der Waals surface area (Å²) in [6, 6.07) is 11.0. The van der Waals surface area contributed by atoms with Gasteiger partial charge in [-0.1, -0.05) is 29.3 Å². The van der Waals surface area contributed by atoms with Crippen LogP contribution in [-0.2, 0) is 0 Å². The van der Waals surface area contributed by atoms with E-state index in [1.54, 1.807) is 18.2 Å². The molecule has 2 nitrogen and oxygen atoms in total. The van der Waals surface area contributed by atoms with Crippen LogP contribution in [0.3, 0.4) is 0 Å². The van der Waals surface area contributed by atoms with E-state index in [2.05, 4.69) is 0 Å². The summed E-state index contributed by atoms with van der Waals surface area (Å²) in [5, 5.41) is 11.8. The van der Waals surface area contributed by atoms with E-state index >= 15 is 0 Å². The van der Waals surface area contributed by atoms with Gasteiger partial charge in [-0.2, -0.15) is 4.74 Å². The normalized spacial score (nSPS) is 11.8. The van der Waals surface area contributed by atoms with Gasteiger partial charge in [0.2, 0.25) is 5.69 Å². The second-order valence-electron chi connectivity index (χ2n) is 3.43. The molecule has 0 amide bonds. The van der Waals surface area contributed by atoms with E-state index in [0.29, 0.717) is 10.0 Å². The summed E-state index contributed by atoms with van der Waals surface area (Å²) in [4.78, 5) is 0.848. The fourth-order valence-corrected chi connectivity index (χ4v) is 2.26. The first-order valence-corrected chi connectivity index (χ1v) is 5.98. The minimum atomic E-state index is 0.620. The third kappa shape index (κ3) is 2.62. The van der Waals surface area contributed by atoms with Crippen LogP contribution >= 0.6 is 22.9 Å². The molecule has 0 radical (unpaired) electrons. The van der Waals surface area contributed by atoms with Gasteiger partial charge in [-0.15, -0.1) is 11.3 Å². The Hall–Kier alpha value is -1.32. The van der Waals surface area contributed by atoms with Gasteiger partial charge in [0, 0.05) is 12.1 Å². The van der Waals surface area contributed by atoms with Gasteiger partial charge in [0.25, 0.3) is 0 Å². The first-order valence-electron chi connectivity index (χ1n) is 4.78. The minimum Gasteiger partial charge on any atom is -0.618 e. The molecule has 0 aliphatic carbocycles. The van der Waals surface area contributed by atoms with Crippen molar-refractivity contribution in [2.45, 2.75) is 6.92 Å². The highest BCUT2D eigenvalue weighted by molar-refractivity contribution is 7.17. The Balaban J connectivity index is 2.27. The molecule has 1 heterocycles. The highest BCUT2D eigenvalue weighted by atomic mass is 35.5. The zero-order chi connectivity index (χ0) is 11.5. The Morgan fingerprint density at radius 2 is 1.88 bits per heavy atom. The van der Waals surface area contributed by atoms with Crippen molar-refractivity contribution in [1.29, 1.82) is 0 Å². The van der Waals surface area contributed by atoms with E-state index in [-0.39, 0.29) is 0 Å². The van der Waals surface area contributed by atoms with Crippen LogP contribution in [0, 0.1) is 12.1 Å². The molecule has 0 atom stereocenters. The van der Waals surface area contributed by atoms with E-state index in [4.69, 9.17) is 11.6 Å². The molecule has 1 aromatic carbocycles. The van der Waals surface area contributed by atoms with Crippen LogP contribution in [-0.4, -0.2) is 11.0 Å². The quantitative estimate of drug-likeness (QED) is 0.343. The summed E-state index contributed by atoms with van der Waals surface area (Å²) in [6.45, 7) is 1.99. The molecular formula is C12H10ClNOS. The molecule has 1 aromatic heterocycles. The van der Waals surface area contributed by atoms with Gasteiger partial charge in [-0.05, 0) is 19.1 Å². The number of benzene rings is 1. The Kier molecular flexibility index (Phi) is 3.27. The van der Waals surface area contributed by atoms with E-state index in [0.717, 1.165) is 15.2 Å². The third-order valence-electron chi connectivity index (χ3n) is 2.13. The molecule has 0 fully saturated rings. The molecule has 82 valence electrons. The zero-order valence-electron chi connectivity index (χ0n) is 8.68. The molecular weight excluding hydrogens is 242 g/mol. The average Bonchev–Trinajstić information content (AvgIpc) is 2.65. The predicted octanol–water partition coefficient (Wildman–Crippen LogP) is 3.97. The van der Waals surface area contributed by atoms with Crippen LogP contribution < -0.4 is 0 Å². The fourth-order valence-electron chi connectivity index (χ4n) is 1.28. The number of hydrogen-bond donors (Lipinski definition) is 0. The van der Waals surface area contributed by atoms with Gasteiger partial charge in [0.05, 0.1) is 9.21 Å². The van der Waals surface area contributed by atoms with Crippen molar-refractivity contribution < 1.29 is 4.74 Å². The van der Waals surface area contributed by atoms with Crippen molar-refractivity contribution in [2.75, 3.05) is 0 Å². The maximum absolute atomic E-state index is 11.8. The Morgan fingerprint density at radius 3 is 2.44 bits per heavy atom. The fraction of sp³-hybridized carbons (Fsp3) is 0.0833. The van der Waals surface area contributed by atoms with Crippen molar-refractivity contribution >= 4 is 34.8 Å². The number of hydrogen-bond acceptors (Lipinski definition) is 2. The molecule has 0 saturated carbocycles. The van der Waals surface area contributed by atoms with Crippen molar-refractivity contribution in [3.05, 3.63) is 56.4 Å². The number of aryl methyl sites for hydroxylation is 1. The molecule has 0 spiro atoms. The van der Waals surface area contributed by atoms with Crippen LogP contribution in [0.15, 0.2) is 36.4 Å². The minimum absolute atomic E-state index is 0.620. The number of thiophene rings is 1. The van der Waals surface area contributed by atoms with Gasteiger partial charge < -0.3 is 5.21 Å². The Bertz CT molecular complexity index is 516. The maximum Gasteiger partial charge on any atom is 0.216 e. The van der Waals surface area contributed by atoms with Gasteiger partial charge >= 0.3 is 0 Å². The van der Waals surface area contributed by atoms with Crippen LogP contribution in [0.1, 0.15) is 10.4 Å². The monoisotopic (exact) mass is 251 g/mol. The summed E-state index contributed by atoms with van der Waals surface area (Å²) in [7, 11) is 0. The summed E-state index contributed by atoms with van der Waals surface area (Å²) in [5.41, 5.74) is 1.76. The van der Waals surface area contributed by atoms with Gasteiger partial charge in [0.15, 0.2) is 6.21 Å². The molecule has 0 bridgehead atoms. The molecule has 0 unspecified atom stereocenters. The van der Waals surface area contributed by atoms with Gasteiger partial charge in [-0.3, -0.25) is 0 Å². The highest BCUT2D eigenvalue weighted by Crippen LogP contribution is 2.20. The summed E-state index contributed by atoms with van der Waals surface area (Å²) in [6.07, 6.45) is 1.53. The Labute approximate surface area is 103 Å². The van der Waals surface area contributed by atoms with Crippen LogP contribution in [0.5, 0.6) is 0 Å². The lowest BCUT2D eigenvalue weighted by atomic mass is 10.2. The topological polar surface area (TPSA) is 26.1 Å². The maximum atomic E-state index is 11.8. The molecule has 16 heavy (non-hydrogen) atoms. The molecule has 2 rings (SSSR count). The molecule has 4 heteroatoms. The largest absolute Gasteiger partial charge is 0.618 e. The Morgan fingerprint density at radius 1 is 1.19 bits per heavy atom. The van der Waals surface area contributed by atoms with Crippen LogP contribution in [0.2, 0.25) is 4.34 Å². The van der Waals surface area contributed by atoms with Crippen molar-refractivity contribution in [1.82, 2.24) is 0 Å².